The largest absolute Gasteiger partial charge is 0.481 e. The number of alkyl halides is 4. The molecule has 2 heterocycles. The van der Waals surface area contributed by atoms with Gasteiger partial charge >= 0.3 is 12.1 Å². The predicted molar refractivity (Wildman–Crippen MR) is 113 cm³/mol. The van der Waals surface area contributed by atoms with Crippen molar-refractivity contribution < 1.29 is 46.3 Å². The highest BCUT2D eigenvalue weighted by atomic mass is 19.4. The number of rotatable bonds is 8. The van der Waals surface area contributed by atoms with Crippen LogP contribution in [0, 0.1) is 0 Å². The first-order valence-corrected chi connectivity index (χ1v) is 10.7. The summed E-state index contributed by atoms with van der Waals surface area (Å²) in [4.78, 5) is 49.8. The number of carbonyl (C=O) groups excluding carboxylic acids is 3. The first kappa shape index (κ1) is 25.9. The number of aliphatic carboxylic acids is 1. The summed E-state index contributed by atoms with van der Waals surface area (Å²) in [5, 5.41) is 11.2. The van der Waals surface area contributed by atoms with Crippen LogP contribution in [0.2, 0.25) is 0 Å². The van der Waals surface area contributed by atoms with Crippen molar-refractivity contribution in [2.24, 2.45) is 0 Å². The van der Waals surface area contributed by atoms with Crippen LogP contribution in [0.4, 0.5) is 17.6 Å². The van der Waals surface area contributed by atoms with Gasteiger partial charge in [-0.3, -0.25) is 19.2 Å². The number of ketones is 1. The third kappa shape index (κ3) is 6.25. The number of hydrogen-bond donors (Lipinski definition) is 2. The fourth-order valence-electron chi connectivity index (χ4n) is 3.84. The van der Waals surface area contributed by atoms with Crippen molar-refractivity contribution in [2.45, 2.75) is 43.9 Å². The number of amides is 2. The molecule has 35 heavy (non-hydrogen) atoms. The van der Waals surface area contributed by atoms with E-state index in [1.807, 2.05) is 0 Å². The second kappa shape index (κ2) is 10.7. The molecule has 2 atom stereocenters. The van der Waals surface area contributed by atoms with E-state index in [9.17, 15) is 36.7 Å². The van der Waals surface area contributed by atoms with Crippen LogP contribution < -0.4 is 5.32 Å². The normalized spacial score (nSPS) is 17.0. The lowest BCUT2D eigenvalue weighted by molar-refractivity contribution is -0.141. The van der Waals surface area contributed by atoms with Gasteiger partial charge < -0.3 is 19.7 Å². The van der Waals surface area contributed by atoms with Crippen molar-refractivity contribution in [3.63, 3.8) is 0 Å². The average molecular weight is 498 g/mol. The molecule has 2 N–H and O–H groups in total. The first-order valence-electron chi connectivity index (χ1n) is 10.7. The number of furan rings is 1. The number of carboxylic acid groups (broad SMARTS) is 1. The van der Waals surface area contributed by atoms with Gasteiger partial charge in [0.1, 0.15) is 30.8 Å². The van der Waals surface area contributed by atoms with E-state index >= 15 is 0 Å². The van der Waals surface area contributed by atoms with Crippen LogP contribution >= 0.6 is 0 Å². The number of likely N-dealkylation sites (tertiary alicyclic amines) is 1. The predicted octanol–water partition coefficient (Wildman–Crippen LogP) is 3.46. The van der Waals surface area contributed by atoms with Crippen LogP contribution in [-0.2, 0) is 20.6 Å². The summed E-state index contributed by atoms with van der Waals surface area (Å²) in [6.45, 7) is -1.29. The second-order valence-corrected chi connectivity index (χ2v) is 8.05. The van der Waals surface area contributed by atoms with E-state index in [0.717, 1.165) is 18.4 Å². The molecule has 0 bridgehead atoms. The van der Waals surface area contributed by atoms with Gasteiger partial charge in [0.25, 0.3) is 5.91 Å². The molecular weight excluding hydrogens is 476 g/mol. The number of carbonyl (C=O) groups is 4. The summed E-state index contributed by atoms with van der Waals surface area (Å²) < 4.78 is 57.1. The number of carboxylic acids is 1. The number of nitrogens with zero attached hydrogens (tertiary/aromatic N) is 1. The van der Waals surface area contributed by atoms with Crippen LogP contribution in [0.1, 0.15) is 41.6 Å². The van der Waals surface area contributed by atoms with Crippen molar-refractivity contribution in [2.75, 3.05) is 13.2 Å². The lowest BCUT2D eigenvalue weighted by Gasteiger charge is -2.35. The van der Waals surface area contributed by atoms with Crippen LogP contribution in [-0.4, -0.2) is 58.9 Å². The monoisotopic (exact) mass is 498 g/mol. The molecule has 2 aromatic rings. The summed E-state index contributed by atoms with van der Waals surface area (Å²) in [7, 11) is 0. The van der Waals surface area contributed by atoms with Gasteiger partial charge in [-0.05, 0) is 37.5 Å². The van der Waals surface area contributed by atoms with Gasteiger partial charge in [-0.25, -0.2) is 4.39 Å². The fourth-order valence-corrected chi connectivity index (χ4v) is 3.84. The van der Waals surface area contributed by atoms with E-state index in [-0.39, 0.29) is 29.9 Å². The highest BCUT2D eigenvalue weighted by Gasteiger charge is 2.36. The Hall–Kier alpha value is -3.70. The lowest BCUT2D eigenvalue weighted by atomic mass is 9.99. The van der Waals surface area contributed by atoms with E-state index in [2.05, 4.69) is 5.32 Å². The molecule has 1 fully saturated rings. The summed E-state index contributed by atoms with van der Waals surface area (Å²) in [5.41, 5.74) is -0.780. The Kier molecular flexibility index (Phi) is 7.92. The molecule has 1 aromatic heterocycles. The number of piperidine rings is 1. The number of benzene rings is 1. The van der Waals surface area contributed by atoms with Gasteiger partial charge in [0.2, 0.25) is 5.91 Å². The zero-order valence-corrected chi connectivity index (χ0v) is 18.3. The Morgan fingerprint density at radius 2 is 1.91 bits per heavy atom. The van der Waals surface area contributed by atoms with E-state index in [4.69, 9.17) is 9.52 Å². The van der Waals surface area contributed by atoms with Gasteiger partial charge in [0, 0.05) is 12.1 Å². The summed E-state index contributed by atoms with van der Waals surface area (Å²) in [6.07, 6.45) is -2.94. The minimum atomic E-state index is -4.56. The van der Waals surface area contributed by atoms with Crippen LogP contribution in [0.25, 0.3) is 11.3 Å². The Balaban J connectivity index is 1.79. The maximum absolute atomic E-state index is 13.1. The van der Waals surface area contributed by atoms with E-state index < -0.39 is 60.5 Å². The lowest BCUT2D eigenvalue weighted by Crippen LogP contribution is -2.55. The zero-order chi connectivity index (χ0) is 25.8. The molecule has 0 saturated carbocycles. The number of Topliss-reactive ketones (excluding diaryl/α,β-unsaturated/α-hetero) is 1. The molecule has 0 aliphatic carbocycles. The Morgan fingerprint density at radius 1 is 1.17 bits per heavy atom. The van der Waals surface area contributed by atoms with Crippen molar-refractivity contribution >= 4 is 23.6 Å². The molecule has 0 spiro atoms. The zero-order valence-electron chi connectivity index (χ0n) is 18.3. The maximum atomic E-state index is 13.1. The number of nitrogens with one attached hydrogen (secondary N) is 1. The third-order valence-electron chi connectivity index (χ3n) is 5.60. The minimum absolute atomic E-state index is 0.000896. The molecule has 2 amide bonds. The molecule has 8 nitrogen and oxygen atoms in total. The summed E-state index contributed by atoms with van der Waals surface area (Å²) in [6, 6.07) is 3.03. The molecule has 1 aliphatic rings. The van der Waals surface area contributed by atoms with E-state index in [1.54, 1.807) is 0 Å². The van der Waals surface area contributed by atoms with Crippen LogP contribution in [0.3, 0.4) is 0 Å². The molecule has 0 radical (unpaired) electrons. The van der Waals surface area contributed by atoms with Gasteiger partial charge in [-0.15, -0.1) is 0 Å². The van der Waals surface area contributed by atoms with Gasteiger partial charge in [0.15, 0.2) is 5.78 Å². The van der Waals surface area contributed by atoms with Gasteiger partial charge in [-0.1, -0.05) is 12.1 Å². The molecule has 1 aliphatic heterocycles. The van der Waals surface area contributed by atoms with Gasteiger partial charge in [0.05, 0.1) is 17.5 Å². The first-order chi connectivity index (χ1) is 16.5. The molecule has 1 saturated heterocycles. The van der Waals surface area contributed by atoms with E-state index in [0.29, 0.717) is 12.8 Å². The fraction of sp³-hybridized carbons (Fsp3) is 0.391. The molecule has 3 rings (SSSR count). The van der Waals surface area contributed by atoms with Crippen LogP contribution in [0.5, 0.6) is 0 Å². The smallest absolute Gasteiger partial charge is 0.416 e. The van der Waals surface area contributed by atoms with Crippen molar-refractivity contribution in [3.05, 3.63) is 47.7 Å². The van der Waals surface area contributed by atoms with Crippen molar-refractivity contribution in [1.29, 1.82) is 0 Å². The second-order valence-electron chi connectivity index (χ2n) is 8.05. The Labute approximate surface area is 196 Å². The molecule has 0 unspecified atom stereocenters. The molecular formula is C23H22F4N2O6. The number of halogens is 4. The van der Waals surface area contributed by atoms with E-state index in [1.165, 1.54) is 23.1 Å². The summed E-state index contributed by atoms with van der Waals surface area (Å²) in [5.74, 6) is -3.91. The van der Waals surface area contributed by atoms with Crippen molar-refractivity contribution in [1.82, 2.24) is 10.2 Å². The SMILES string of the molecule is O=C(O)C[C@H](NC(=O)[C@@H]1CCCCN1C(=O)c1coc(-c2cccc(C(F)(F)F)c2)c1)C(=O)CF. The molecule has 12 heteroatoms. The highest BCUT2D eigenvalue weighted by Crippen LogP contribution is 2.33. The highest BCUT2D eigenvalue weighted by molar-refractivity contribution is 5.99. The van der Waals surface area contributed by atoms with Crippen molar-refractivity contribution in [3.8, 4) is 11.3 Å². The number of hydrogen-bond acceptors (Lipinski definition) is 5. The Morgan fingerprint density at radius 3 is 2.57 bits per heavy atom. The standard InChI is InChI=1S/C23H22F4N2O6/c24-11-18(30)16(10-20(31)32)28-21(33)17-6-1-2-7-29(17)22(34)14-9-19(35-12-14)13-4-3-5-15(8-13)23(25,26)27/h3-5,8-9,12,16-17H,1-2,6-7,10-11H2,(H,28,33)(H,31,32)/t16-,17-/m0/s1. The van der Waals surface area contributed by atoms with Crippen LogP contribution in [0.15, 0.2) is 41.0 Å². The molecule has 1 aromatic carbocycles. The average Bonchev–Trinajstić information content (AvgIpc) is 3.32. The Bertz CT molecular complexity index is 1110. The quantitative estimate of drug-likeness (QED) is 0.539. The summed E-state index contributed by atoms with van der Waals surface area (Å²) >= 11 is 0. The maximum Gasteiger partial charge on any atom is 0.416 e. The third-order valence-corrected chi connectivity index (χ3v) is 5.60. The topological polar surface area (TPSA) is 117 Å². The minimum Gasteiger partial charge on any atom is -0.481 e. The van der Waals surface area contributed by atoms with Gasteiger partial charge in [-0.2, -0.15) is 13.2 Å². The molecule has 188 valence electrons.